The number of nitrogens with zero attached hydrogens (tertiary/aromatic N) is 2. The molecule has 0 radical (unpaired) electrons. The van der Waals surface area contributed by atoms with E-state index in [0.29, 0.717) is 34.4 Å². The third-order valence-electron chi connectivity index (χ3n) is 16.3. The number of aryl methyl sites for hydroxylation is 1. The first-order chi connectivity index (χ1) is 22.5. The highest BCUT2D eigenvalue weighted by Crippen LogP contribution is 2.84. The summed E-state index contributed by atoms with van der Waals surface area (Å²) < 4.78 is 14.7. The fourth-order valence-electron chi connectivity index (χ4n) is 13.2. The van der Waals surface area contributed by atoms with Gasteiger partial charge in [0.05, 0.1) is 6.10 Å². The normalized spacial score (nSPS) is 41.7. The van der Waals surface area contributed by atoms with E-state index in [0.717, 1.165) is 41.9 Å². The lowest BCUT2D eigenvalue weighted by molar-refractivity contribution is -0.360. The van der Waals surface area contributed by atoms with Gasteiger partial charge in [0.1, 0.15) is 10.0 Å². The molecule has 1 heterocycles. The maximum atomic E-state index is 7.54. The summed E-state index contributed by atoms with van der Waals surface area (Å²) in [6, 6.07) is 0. The number of hydrogen-bond donors (Lipinski definition) is 0. The van der Waals surface area contributed by atoms with Crippen LogP contribution in [0, 0.1) is 57.7 Å². The molecule has 12 atom stereocenters. The van der Waals surface area contributed by atoms with Crippen molar-refractivity contribution in [3.8, 4) is 0 Å². The molecule has 280 valence electrons. The molecule has 6 saturated carbocycles. The van der Waals surface area contributed by atoms with E-state index in [1.165, 1.54) is 74.2 Å². The average molecular weight is 729 g/mol. The Hall–Kier alpha value is -0.0862. The van der Waals surface area contributed by atoms with Crippen LogP contribution in [-0.2, 0) is 20.7 Å². The smallest absolute Gasteiger partial charge is 0.192 e. The zero-order valence-electron chi connectivity index (χ0n) is 34.6. The Labute approximate surface area is 308 Å². The minimum Gasteiger partial charge on any atom is -0.414 e. The fourth-order valence-corrected chi connectivity index (χ4v) is 16.7. The minimum atomic E-state index is -1.79. The zero-order chi connectivity index (χ0) is 36.2. The molecule has 1 aromatic rings. The standard InChI is InChI=1S/C42H76N2O2SSi2/c1-16-29-34-32-19-18-28(45-49(14,15)39(6,7)8)23-24-41(34,10)42(32)26-25-40(9)30(20-21-31(40)35(42)36(29)46-48(11,12)13)27(2)17-22-33-43-44-37(47-33)38(3,4)5/h27-32,34-36H,16-26H2,1-15H3/t27-,28?,29-,30?,31+,32?,34?,35-,36?,40?,41?,42-/m1/s1. The largest absolute Gasteiger partial charge is 0.414 e. The molecular formula is C42H76N2O2SSi2. The van der Waals surface area contributed by atoms with Crippen molar-refractivity contribution < 1.29 is 8.85 Å². The van der Waals surface area contributed by atoms with Crippen LogP contribution in [0.3, 0.4) is 0 Å². The van der Waals surface area contributed by atoms with Crippen molar-refractivity contribution in [3.05, 3.63) is 10.0 Å². The molecule has 6 fully saturated rings. The second-order valence-corrected chi connectivity index (χ2v) is 32.3. The first-order valence-corrected chi connectivity index (χ1v) is 27.8. The molecule has 49 heavy (non-hydrogen) atoms. The van der Waals surface area contributed by atoms with Crippen LogP contribution in [0.5, 0.6) is 0 Å². The van der Waals surface area contributed by atoms with Gasteiger partial charge >= 0.3 is 0 Å². The van der Waals surface area contributed by atoms with E-state index in [1.807, 2.05) is 11.3 Å². The molecule has 6 aliphatic carbocycles. The van der Waals surface area contributed by atoms with Crippen LogP contribution in [0.4, 0.5) is 0 Å². The Morgan fingerprint density at radius 2 is 1.51 bits per heavy atom. The molecule has 4 bridgehead atoms. The molecule has 0 saturated heterocycles. The van der Waals surface area contributed by atoms with Gasteiger partial charge in [-0.1, -0.05) is 75.7 Å². The molecule has 4 nitrogen and oxygen atoms in total. The molecule has 0 aliphatic heterocycles. The monoisotopic (exact) mass is 729 g/mol. The third kappa shape index (κ3) is 6.27. The Balaban J connectivity index is 1.28. The summed E-state index contributed by atoms with van der Waals surface area (Å²) in [5.41, 5.74) is 1.38. The van der Waals surface area contributed by atoms with Crippen molar-refractivity contribution in [2.45, 2.75) is 195 Å². The highest BCUT2D eigenvalue weighted by molar-refractivity contribution is 7.11. The average Bonchev–Trinajstić information content (AvgIpc) is 3.59. The van der Waals surface area contributed by atoms with Crippen LogP contribution in [-0.4, -0.2) is 39.0 Å². The van der Waals surface area contributed by atoms with Crippen LogP contribution >= 0.6 is 11.3 Å². The number of rotatable bonds is 9. The second kappa shape index (κ2) is 12.8. The molecule has 1 aromatic heterocycles. The fraction of sp³-hybridized carbons (Fsp3) is 0.952. The SMILES string of the molecule is CC[C@H]1C(O[Si](C)(C)C)[C@H]2[C@@H]3CCC([C@H](C)CCc4nnc(C(C)(C)C)s4)C3(C)CC[C@@]23C2CCC(O[Si](C)(C)C(C)(C)C)CCC3(C)C21. The van der Waals surface area contributed by atoms with Gasteiger partial charge in [-0.05, 0) is 153 Å². The van der Waals surface area contributed by atoms with Crippen LogP contribution in [0.25, 0.3) is 0 Å². The molecular weight excluding hydrogens is 653 g/mol. The van der Waals surface area contributed by atoms with Crippen molar-refractivity contribution in [2.24, 2.45) is 57.7 Å². The summed E-state index contributed by atoms with van der Waals surface area (Å²) in [7, 11) is -3.52. The summed E-state index contributed by atoms with van der Waals surface area (Å²) >= 11 is 1.85. The Morgan fingerprint density at radius 1 is 0.837 bits per heavy atom. The molecule has 6 aliphatic rings. The van der Waals surface area contributed by atoms with Gasteiger partial charge in [-0.25, -0.2) is 0 Å². The highest BCUT2D eigenvalue weighted by Gasteiger charge is 2.81. The van der Waals surface area contributed by atoms with E-state index in [9.17, 15) is 0 Å². The summed E-state index contributed by atoms with van der Waals surface area (Å²) in [4.78, 5) is 0. The Bertz CT molecular complexity index is 1340. The number of hydrogen-bond acceptors (Lipinski definition) is 5. The maximum absolute atomic E-state index is 7.54. The predicted octanol–water partition coefficient (Wildman–Crippen LogP) is 12.3. The zero-order valence-corrected chi connectivity index (χ0v) is 37.4. The van der Waals surface area contributed by atoms with E-state index >= 15 is 0 Å². The van der Waals surface area contributed by atoms with Gasteiger partial charge in [0, 0.05) is 17.9 Å². The molecule has 7 unspecified atom stereocenters. The van der Waals surface area contributed by atoms with Gasteiger partial charge < -0.3 is 8.85 Å². The van der Waals surface area contributed by atoms with Crippen LogP contribution < -0.4 is 0 Å². The molecule has 1 spiro atoms. The lowest BCUT2D eigenvalue weighted by Crippen LogP contribution is -2.80. The highest BCUT2D eigenvalue weighted by atomic mass is 32.1. The predicted molar refractivity (Wildman–Crippen MR) is 213 cm³/mol. The quantitative estimate of drug-likeness (QED) is 0.238. The Morgan fingerprint density at radius 3 is 2.10 bits per heavy atom. The third-order valence-corrected chi connectivity index (χ3v) is 23.3. The van der Waals surface area contributed by atoms with E-state index in [2.05, 4.69) is 112 Å². The summed E-state index contributed by atoms with van der Waals surface area (Å²) in [6.45, 7) is 37.0. The number of fused-ring (bicyclic) bond motifs is 2. The molecule has 0 N–H and O–H groups in total. The molecule has 7 rings (SSSR count). The van der Waals surface area contributed by atoms with Gasteiger partial charge in [-0.15, -0.1) is 21.5 Å². The first kappa shape index (κ1) is 38.6. The molecule has 0 aromatic carbocycles. The van der Waals surface area contributed by atoms with Crippen molar-refractivity contribution in [2.75, 3.05) is 0 Å². The van der Waals surface area contributed by atoms with Crippen molar-refractivity contribution in [3.63, 3.8) is 0 Å². The van der Waals surface area contributed by atoms with Crippen molar-refractivity contribution >= 4 is 28.0 Å². The topological polar surface area (TPSA) is 44.2 Å². The van der Waals surface area contributed by atoms with Crippen molar-refractivity contribution in [1.82, 2.24) is 10.2 Å². The lowest BCUT2D eigenvalue weighted by Gasteiger charge is -2.83. The first-order valence-electron chi connectivity index (χ1n) is 20.7. The van der Waals surface area contributed by atoms with E-state index in [4.69, 9.17) is 8.85 Å². The lowest BCUT2D eigenvalue weighted by atomic mass is 9.23. The molecule has 7 heteroatoms. The van der Waals surface area contributed by atoms with Gasteiger partial charge in [0.2, 0.25) is 0 Å². The van der Waals surface area contributed by atoms with Crippen LogP contribution in [0.1, 0.15) is 143 Å². The molecule has 0 amide bonds. The van der Waals surface area contributed by atoms with Gasteiger partial charge in [0.15, 0.2) is 16.6 Å². The van der Waals surface area contributed by atoms with E-state index in [-0.39, 0.29) is 10.5 Å². The van der Waals surface area contributed by atoms with Gasteiger partial charge in [-0.3, -0.25) is 0 Å². The summed E-state index contributed by atoms with van der Waals surface area (Å²) in [5, 5.41) is 11.9. The van der Waals surface area contributed by atoms with Gasteiger partial charge in [0.25, 0.3) is 0 Å². The van der Waals surface area contributed by atoms with Gasteiger partial charge in [-0.2, -0.15) is 0 Å². The maximum Gasteiger partial charge on any atom is 0.192 e. The summed E-state index contributed by atoms with van der Waals surface area (Å²) in [5.74, 6) is 5.42. The second-order valence-electron chi connectivity index (χ2n) is 22.1. The van der Waals surface area contributed by atoms with E-state index < -0.39 is 16.6 Å². The Kier molecular flexibility index (Phi) is 10.1. The van der Waals surface area contributed by atoms with Crippen LogP contribution in [0.2, 0.25) is 37.8 Å². The minimum absolute atomic E-state index is 0.0860. The van der Waals surface area contributed by atoms with E-state index in [1.54, 1.807) is 0 Å². The summed E-state index contributed by atoms with van der Waals surface area (Å²) in [6.07, 6.45) is 15.5. The van der Waals surface area contributed by atoms with Crippen molar-refractivity contribution in [1.29, 1.82) is 0 Å². The number of aromatic nitrogens is 2. The van der Waals surface area contributed by atoms with Crippen LogP contribution in [0.15, 0.2) is 0 Å².